The fourth-order valence-electron chi connectivity index (χ4n) is 2.28. The number of carboxylic acid groups (broad SMARTS) is 1. The lowest BCUT2D eigenvalue weighted by Gasteiger charge is -2.26. The lowest BCUT2D eigenvalue weighted by molar-refractivity contribution is -0.144. The number of aliphatic hydroxyl groups excluding tert-OH is 1. The highest BCUT2D eigenvalue weighted by atomic mass is 16.4. The van der Waals surface area contributed by atoms with Crippen molar-refractivity contribution >= 4 is 29.6 Å². The number of hydrogen-bond acceptors (Lipinski definition) is 7. The maximum atomic E-state index is 12.5. The van der Waals surface area contributed by atoms with Gasteiger partial charge in [-0.1, -0.05) is 13.8 Å². The molecular formula is C16H29N5O7. The SMILES string of the molecule is CC(C)CC(NC(=O)CN)C(=O)NC(C(=O)NC(CC(N)=O)C(=O)O)C(C)O. The van der Waals surface area contributed by atoms with E-state index in [4.69, 9.17) is 16.6 Å². The molecule has 0 bridgehead atoms. The molecule has 4 unspecified atom stereocenters. The van der Waals surface area contributed by atoms with E-state index in [9.17, 15) is 29.1 Å². The molecule has 0 aromatic carbocycles. The Kier molecular flexibility index (Phi) is 10.7. The van der Waals surface area contributed by atoms with Crippen LogP contribution in [0.5, 0.6) is 0 Å². The molecule has 0 aliphatic carbocycles. The molecule has 28 heavy (non-hydrogen) atoms. The van der Waals surface area contributed by atoms with E-state index in [1.54, 1.807) is 0 Å². The summed E-state index contributed by atoms with van der Waals surface area (Å²) >= 11 is 0. The molecule has 0 heterocycles. The number of primary amides is 1. The van der Waals surface area contributed by atoms with Gasteiger partial charge in [-0.3, -0.25) is 19.2 Å². The number of carbonyl (C=O) groups excluding carboxylic acids is 4. The second-order valence-corrected chi connectivity index (χ2v) is 6.75. The van der Waals surface area contributed by atoms with Crippen LogP contribution in [0.3, 0.4) is 0 Å². The summed E-state index contributed by atoms with van der Waals surface area (Å²) in [6.07, 6.45) is -1.81. The summed E-state index contributed by atoms with van der Waals surface area (Å²) < 4.78 is 0. The highest BCUT2D eigenvalue weighted by molar-refractivity contribution is 5.94. The average molecular weight is 403 g/mol. The predicted molar refractivity (Wildman–Crippen MR) is 97.4 cm³/mol. The fourth-order valence-corrected chi connectivity index (χ4v) is 2.28. The van der Waals surface area contributed by atoms with Crippen LogP contribution in [-0.4, -0.2) is 70.6 Å². The monoisotopic (exact) mass is 403 g/mol. The summed E-state index contributed by atoms with van der Waals surface area (Å²) in [5, 5.41) is 25.6. The topological polar surface area (TPSA) is 214 Å². The standard InChI is InChI=1S/C16H29N5O7/c1-7(2)4-9(19-12(24)6-17)14(25)21-13(8(3)22)15(26)20-10(16(27)28)5-11(18)23/h7-10,13,22H,4-6,17H2,1-3H3,(H2,18,23)(H,19,24)(H,20,26)(H,21,25)(H,27,28). The molecular weight excluding hydrogens is 374 g/mol. The minimum absolute atomic E-state index is 0.0135. The molecule has 9 N–H and O–H groups in total. The Hall–Kier alpha value is -2.73. The van der Waals surface area contributed by atoms with Crippen LogP contribution in [0, 0.1) is 5.92 Å². The van der Waals surface area contributed by atoms with Crippen LogP contribution in [0.15, 0.2) is 0 Å². The van der Waals surface area contributed by atoms with Crippen molar-refractivity contribution in [2.24, 2.45) is 17.4 Å². The first-order valence-electron chi connectivity index (χ1n) is 8.68. The van der Waals surface area contributed by atoms with Crippen LogP contribution in [0.4, 0.5) is 0 Å². The van der Waals surface area contributed by atoms with E-state index in [2.05, 4.69) is 10.6 Å². The van der Waals surface area contributed by atoms with Gasteiger partial charge in [0.05, 0.1) is 19.1 Å². The lowest BCUT2D eigenvalue weighted by atomic mass is 10.0. The normalized spacial score (nSPS) is 15.1. The van der Waals surface area contributed by atoms with Crippen LogP contribution in [-0.2, 0) is 24.0 Å². The first-order chi connectivity index (χ1) is 12.9. The van der Waals surface area contributed by atoms with Crippen molar-refractivity contribution < 1.29 is 34.2 Å². The zero-order valence-corrected chi connectivity index (χ0v) is 16.1. The molecule has 0 aliphatic heterocycles. The van der Waals surface area contributed by atoms with E-state index >= 15 is 0 Å². The molecule has 0 rings (SSSR count). The zero-order chi connectivity index (χ0) is 22.0. The van der Waals surface area contributed by atoms with Gasteiger partial charge in [0.2, 0.25) is 23.6 Å². The van der Waals surface area contributed by atoms with Gasteiger partial charge in [-0.25, -0.2) is 4.79 Å². The van der Waals surface area contributed by atoms with Crippen LogP contribution < -0.4 is 27.4 Å². The van der Waals surface area contributed by atoms with Crippen molar-refractivity contribution in [2.75, 3.05) is 6.54 Å². The highest BCUT2D eigenvalue weighted by Gasteiger charge is 2.32. The van der Waals surface area contributed by atoms with Gasteiger partial charge in [0.1, 0.15) is 18.1 Å². The van der Waals surface area contributed by atoms with Gasteiger partial charge >= 0.3 is 5.97 Å². The minimum atomic E-state index is -1.62. The van der Waals surface area contributed by atoms with Crippen molar-refractivity contribution in [1.29, 1.82) is 0 Å². The Morgan fingerprint density at radius 2 is 1.50 bits per heavy atom. The number of carbonyl (C=O) groups is 5. The Balaban J connectivity index is 5.30. The summed E-state index contributed by atoms with van der Waals surface area (Å²) in [5.74, 6) is -4.79. The third kappa shape index (κ3) is 9.28. The van der Waals surface area contributed by atoms with Crippen molar-refractivity contribution in [3.8, 4) is 0 Å². The molecule has 0 spiro atoms. The number of carboxylic acids is 1. The van der Waals surface area contributed by atoms with E-state index in [-0.39, 0.29) is 18.9 Å². The second-order valence-electron chi connectivity index (χ2n) is 6.75. The maximum absolute atomic E-state index is 12.5. The average Bonchev–Trinajstić information content (AvgIpc) is 2.56. The summed E-state index contributed by atoms with van der Waals surface area (Å²) in [6.45, 7) is 4.50. The van der Waals surface area contributed by atoms with E-state index in [1.807, 2.05) is 19.2 Å². The molecule has 0 radical (unpaired) electrons. The highest BCUT2D eigenvalue weighted by Crippen LogP contribution is 2.06. The smallest absolute Gasteiger partial charge is 0.326 e. The molecule has 0 aliphatic rings. The Labute approximate surface area is 162 Å². The van der Waals surface area contributed by atoms with Crippen LogP contribution in [0.25, 0.3) is 0 Å². The largest absolute Gasteiger partial charge is 0.480 e. The van der Waals surface area contributed by atoms with E-state index < -0.39 is 60.2 Å². The van der Waals surface area contributed by atoms with Gasteiger partial charge in [0.25, 0.3) is 0 Å². The van der Waals surface area contributed by atoms with E-state index in [0.717, 1.165) is 0 Å². The maximum Gasteiger partial charge on any atom is 0.326 e. The molecule has 12 nitrogen and oxygen atoms in total. The van der Waals surface area contributed by atoms with Gasteiger partial charge in [-0.05, 0) is 19.3 Å². The van der Waals surface area contributed by atoms with Gasteiger partial charge in [-0.2, -0.15) is 0 Å². The first kappa shape index (κ1) is 25.3. The second kappa shape index (κ2) is 11.9. The summed E-state index contributed by atoms with van der Waals surface area (Å²) in [7, 11) is 0. The van der Waals surface area contributed by atoms with Crippen molar-refractivity contribution in [2.45, 2.75) is 57.8 Å². The Bertz CT molecular complexity index is 594. The molecule has 12 heteroatoms. The van der Waals surface area contributed by atoms with Gasteiger partial charge < -0.3 is 37.6 Å². The summed E-state index contributed by atoms with van der Waals surface area (Å²) in [5.41, 5.74) is 10.2. The van der Waals surface area contributed by atoms with Crippen molar-refractivity contribution in [1.82, 2.24) is 16.0 Å². The van der Waals surface area contributed by atoms with Crippen LogP contribution >= 0.6 is 0 Å². The Morgan fingerprint density at radius 3 is 1.89 bits per heavy atom. The number of aliphatic hydroxyl groups is 1. The first-order valence-corrected chi connectivity index (χ1v) is 8.68. The number of aliphatic carboxylic acids is 1. The summed E-state index contributed by atoms with van der Waals surface area (Å²) in [6, 6.07) is -4.15. The molecule has 4 atom stereocenters. The lowest BCUT2D eigenvalue weighted by Crippen LogP contribution is -2.59. The van der Waals surface area contributed by atoms with Crippen LogP contribution in [0.2, 0.25) is 0 Å². The van der Waals surface area contributed by atoms with E-state index in [1.165, 1.54) is 6.92 Å². The van der Waals surface area contributed by atoms with Gasteiger partial charge in [0, 0.05) is 0 Å². The third-order valence-electron chi connectivity index (χ3n) is 3.63. The number of rotatable bonds is 12. The molecule has 0 saturated carbocycles. The molecule has 0 saturated heterocycles. The molecule has 0 aromatic rings. The number of nitrogens with one attached hydrogen (secondary N) is 3. The molecule has 0 fully saturated rings. The zero-order valence-electron chi connectivity index (χ0n) is 16.1. The predicted octanol–water partition coefficient (Wildman–Crippen LogP) is -3.21. The van der Waals surface area contributed by atoms with Gasteiger partial charge in [-0.15, -0.1) is 0 Å². The molecule has 4 amide bonds. The minimum Gasteiger partial charge on any atom is -0.480 e. The number of hydrogen-bond donors (Lipinski definition) is 7. The fraction of sp³-hybridized carbons (Fsp3) is 0.688. The van der Waals surface area contributed by atoms with E-state index in [0.29, 0.717) is 0 Å². The summed E-state index contributed by atoms with van der Waals surface area (Å²) in [4.78, 5) is 58.4. The van der Waals surface area contributed by atoms with Crippen molar-refractivity contribution in [3.05, 3.63) is 0 Å². The number of nitrogens with two attached hydrogens (primary N) is 2. The quantitative estimate of drug-likeness (QED) is 0.175. The Morgan fingerprint density at radius 1 is 0.929 bits per heavy atom. The molecule has 160 valence electrons. The molecule has 0 aromatic heterocycles. The third-order valence-corrected chi connectivity index (χ3v) is 3.63. The van der Waals surface area contributed by atoms with Crippen LogP contribution in [0.1, 0.15) is 33.6 Å². The van der Waals surface area contributed by atoms with Crippen molar-refractivity contribution in [3.63, 3.8) is 0 Å². The van der Waals surface area contributed by atoms with Gasteiger partial charge in [0.15, 0.2) is 0 Å². The number of amides is 4.